The number of amides is 1. The molecule has 2 rings (SSSR count). The number of carbonyl (C=O) groups excluding carboxylic acids is 1. The molecular weight excluding hydrogens is 226 g/mol. The molecule has 1 aliphatic carbocycles. The van der Waals surface area contributed by atoms with Gasteiger partial charge in [-0.2, -0.15) is 0 Å². The summed E-state index contributed by atoms with van der Waals surface area (Å²) in [5.41, 5.74) is 2.60. The molecular formula is C15H21NO2. The second-order valence-corrected chi connectivity index (χ2v) is 4.83. The molecule has 1 unspecified atom stereocenters. The van der Waals surface area contributed by atoms with Gasteiger partial charge in [-0.1, -0.05) is 13.0 Å². The van der Waals surface area contributed by atoms with Crippen molar-refractivity contribution in [2.45, 2.75) is 38.6 Å². The summed E-state index contributed by atoms with van der Waals surface area (Å²) in [6.07, 6.45) is 3.84. The third-order valence-electron chi connectivity index (χ3n) is 3.80. The van der Waals surface area contributed by atoms with Crippen LogP contribution in [0.1, 0.15) is 43.4 Å². The van der Waals surface area contributed by atoms with Gasteiger partial charge in [0.25, 0.3) is 0 Å². The monoisotopic (exact) mass is 247 g/mol. The zero-order valence-electron chi connectivity index (χ0n) is 11.4. The van der Waals surface area contributed by atoms with E-state index in [1.165, 1.54) is 11.1 Å². The molecule has 0 spiro atoms. The molecule has 3 nitrogen and oxygen atoms in total. The fraction of sp³-hybridized carbons (Fsp3) is 0.533. The second-order valence-electron chi connectivity index (χ2n) is 4.83. The van der Waals surface area contributed by atoms with Crippen LogP contribution in [-0.2, 0) is 11.2 Å². The van der Waals surface area contributed by atoms with Gasteiger partial charge in [0.1, 0.15) is 5.75 Å². The summed E-state index contributed by atoms with van der Waals surface area (Å²) >= 11 is 0. The zero-order chi connectivity index (χ0) is 13.1. The van der Waals surface area contributed by atoms with E-state index in [1.54, 1.807) is 7.11 Å². The van der Waals surface area contributed by atoms with E-state index in [9.17, 15) is 4.79 Å². The Kier molecular flexibility index (Phi) is 3.90. The van der Waals surface area contributed by atoms with Crippen molar-refractivity contribution >= 4 is 5.91 Å². The zero-order valence-corrected chi connectivity index (χ0v) is 11.4. The van der Waals surface area contributed by atoms with Crippen LogP contribution in [0.3, 0.4) is 0 Å². The molecule has 1 amide bonds. The number of hydrogen-bond donors (Lipinski definition) is 0. The number of ether oxygens (including phenoxy) is 1. The lowest BCUT2D eigenvalue weighted by atomic mass is 9.86. The highest BCUT2D eigenvalue weighted by Gasteiger charge is 2.26. The smallest absolute Gasteiger partial charge is 0.222 e. The lowest BCUT2D eigenvalue weighted by molar-refractivity contribution is -0.132. The van der Waals surface area contributed by atoms with Crippen molar-refractivity contribution in [1.82, 2.24) is 4.90 Å². The summed E-state index contributed by atoms with van der Waals surface area (Å²) in [7, 11) is 3.60. The summed E-state index contributed by atoms with van der Waals surface area (Å²) in [4.78, 5) is 13.7. The Morgan fingerprint density at radius 1 is 1.50 bits per heavy atom. The van der Waals surface area contributed by atoms with E-state index in [0.717, 1.165) is 25.0 Å². The Morgan fingerprint density at radius 3 is 2.94 bits per heavy atom. The van der Waals surface area contributed by atoms with Crippen LogP contribution in [0.25, 0.3) is 0 Å². The van der Waals surface area contributed by atoms with E-state index in [-0.39, 0.29) is 11.9 Å². The van der Waals surface area contributed by atoms with Crippen LogP contribution in [0.5, 0.6) is 5.75 Å². The highest BCUT2D eigenvalue weighted by molar-refractivity contribution is 5.76. The predicted molar refractivity (Wildman–Crippen MR) is 71.7 cm³/mol. The van der Waals surface area contributed by atoms with Crippen molar-refractivity contribution in [3.05, 3.63) is 29.3 Å². The Morgan fingerprint density at radius 2 is 2.28 bits per heavy atom. The van der Waals surface area contributed by atoms with Crippen molar-refractivity contribution in [2.24, 2.45) is 0 Å². The lowest BCUT2D eigenvalue weighted by Crippen LogP contribution is -2.32. The Balaban J connectivity index is 2.30. The number of methoxy groups -OCH3 is 1. The number of fused-ring (bicyclic) bond motifs is 1. The molecule has 98 valence electrons. The minimum Gasteiger partial charge on any atom is -0.497 e. The van der Waals surface area contributed by atoms with E-state index < -0.39 is 0 Å². The van der Waals surface area contributed by atoms with Gasteiger partial charge in [-0.05, 0) is 42.5 Å². The molecule has 0 aliphatic heterocycles. The van der Waals surface area contributed by atoms with Gasteiger partial charge < -0.3 is 9.64 Å². The first-order valence-electron chi connectivity index (χ1n) is 6.59. The molecule has 0 radical (unpaired) electrons. The fourth-order valence-electron chi connectivity index (χ4n) is 2.72. The molecule has 18 heavy (non-hydrogen) atoms. The third kappa shape index (κ3) is 2.35. The standard InChI is InChI=1S/C15H21NO2/c1-4-15(17)16(2)14-7-5-6-11-10-12(18-3)8-9-13(11)14/h8-10,14H,4-7H2,1-3H3. The van der Waals surface area contributed by atoms with Crippen LogP contribution in [0.4, 0.5) is 0 Å². The first kappa shape index (κ1) is 12.9. The minimum absolute atomic E-state index is 0.212. The molecule has 0 saturated heterocycles. The summed E-state index contributed by atoms with van der Waals surface area (Å²) in [6.45, 7) is 1.91. The molecule has 1 atom stereocenters. The maximum absolute atomic E-state index is 11.8. The number of benzene rings is 1. The van der Waals surface area contributed by atoms with Gasteiger partial charge in [0, 0.05) is 13.5 Å². The number of carbonyl (C=O) groups is 1. The number of nitrogens with zero attached hydrogens (tertiary/aromatic N) is 1. The van der Waals surface area contributed by atoms with Crippen LogP contribution < -0.4 is 4.74 Å². The number of hydrogen-bond acceptors (Lipinski definition) is 2. The van der Waals surface area contributed by atoms with Gasteiger partial charge in [0.15, 0.2) is 0 Å². The van der Waals surface area contributed by atoms with Crippen LogP contribution >= 0.6 is 0 Å². The largest absolute Gasteiger partial charge is 0.497 e. The van der Waals surface area contributed by atoms with Gasteiger partial charge in [0.2, 0.25) is 5.91 Å². The molecule has 0 fully saturated rings. The summed E-state index contributed by atoms with van der Waals surface area (Å²) in [5.74, 6) is 1.11. The second kappa shape index (κ2) is 5.42. The Hall–Kier alpha value is -1.51. The van der Waals surface area contributed by atoms with Gasteiger partial charge >= 0.3 is 0 Å². The summed E-state index contributed by atoms with van der Waals surface area (Å²) < 4.78 is 5.26. The van der Waals surface area contributed by atoms with E-state index in [2.05, 4.69) is 12.1 Å². The average molecular weight is 247 g/mol. The van der Waals surface area contributed by atoms with Crippen molar-refractivity contribution in [3.8, 4) is 5.75 Å². The average Bonchev–Trinajstić information content (AvgIpc) is 2.44. The molecule has 3 heteroatoms. The first-order valence-corrected chi connectivity index (χ1v) is 6.59. The molecule has 0 heterocycles. The Bertz CT molecular complexity index is 442. The highest BCUT2D eigenvalue weighted by Crippen LogP contribution is 2.35. The Labute approximate surface area is 109 Å². The van der Waals surface area contributed by atoms with Crippen LogP contribution in [-0.4, -0.2) is 25.0 Å². The summed E-state index contributed by atoms with van der Waals surface area (Å²) in [6, 6.07) is 6.43. The van der Waals surface area contributed by atoms with Gasteiger partial charge in [-0.15, -0.1) is 0 Å². The van der Waals surface area contributed by atoms with Gasteiger partial charge in [-0.3, -0.25) is 4.79 Å². The molecule has 1 aliphatic rings. The van der Waals surface area contributed by atoms with Crippen molar-refractivity contribution in [2.75, 3.05) is 14.2 Å². The topological polar surface area (TPSA) is 29.5 Å². The predicted octanol–water partition coefficient (Wildman–Crippen LogP) is 2.94. The number of rotatable bonds is 3. The molecule has 1 aromatic rings. The van der Waals surface area contributed by atoms with Gasteiger partial charge in [0.05, 0.1) is 13.2 Å². The fourth-order valence-corrected chi connectivity index (χ4v) is 2.72. The van der Waals surface area contributed by atoms with Crippen LogP contribution in [0.15, 0.2) is 18.2 Å². The molecule has 0 aromatic heterocycles. The van der Waals surface area contributed by atoms with E-state index in [0.29, 0.717) is 6.42 Å². The maximum atomic E-state index is 11.8. The maximum Gasteiger partial charge on any atom is 0.222 e. The lowest BCUT2D eigenvalue weighted by Gasteiger charge is -2.33. The highest BCUT2D eigenvalue weighted by atomic mass is 16.5. The molecule has 1 aromatic carbocycles. The van der Waals surface area contributed by atoms with Crippen molar-refractivity contribution in [1.29, 1.82) is 0 Å². The van der Waals surface area contributed by atoms with E-state index >= 15 is 0 Å². The molecule has 0 bridgehead atoms. The van der Waals surface area contributed by atoms with E-state index in [4.69, 9.17) is 4.74 Å². The number of aryl methyl sites for hydroxylation is 1. The SMILES string of the molecule is CCC(=O)N(C)C1CCCc2cc(OC)ccc21. The quantitative estimate of drug-likeness (QED) is 0.822. The summed E-state index contributed by atoms with van der Waals surface area (Å²) in [5, 5.41) is 0. The normalized spacial score (nSPS) is 18.1. The first-order chi connectivity index (χ1) is 8.67. The van der Waals surface area contributed by atoms with Gasteiger partial charge in [-0.25, -0.2) is 0 Å². The van der Waals surface area contributed by atoms with E-state index in [1.807, 2.05) is 24.9 Å². The molecule has 0 N–H and O–H groups in total. The molecule has 0 saturated carbocycles. The van der Waals surface area contributed by atoms with Crippen molar-refractivity contribution in [3.63, 3.8) is 0 Å². The third-order valence-corrected chi connectivity index (χ3v) is 3.80. The minimum atomic E-state index is 0.212. The van der Waals surface area contributed by atoms with Crippen LogP contribution in [0, 0.1) is 0 Å². The van der Waals surface area contributed by atoms with Crippen LogP contribution in [0.2, 0.25) is 0 Å². The van der Waals surface area contributed by atoms with Crippen molar-refractivity contribution < 1.29 is 9.53 Å².